The normalized spacial score (nSPS) is 20.6. The highest BCUT2D eigenvalue weighted by Crippen LogP contribution is 2.14. The summed E-state index contributed by atoms with van der Waals surface area (Å²) in [6, 6.07) is -0.196. The maximum Gasteiger partial charge on any atom is 0.266 e. The Balaban J connectivity index is 2.03. The van der Waals surface area contributed by atoms with Crippen molar-refractivity contribution in [3.8, 4) is 0 Å². The van der Waals surface area contributed by atoms with Gasteiger partial charge in [-0.1, -0.05) is 0 Å². The van der Waals surface area contributed by atoms with Gasteiger partial charge in [-0.05, 0) is 19.1 Å². The molecule has 0 amide bonds. The smallest absolute Gasteiger partial charge is 0.266 e. The van der Waals surface area contributed by atoms with Gasteiger partial charge in [-0.25, -0.2) is 0 Å². The molecule has 1 atom stereocenters. The first-order valence-electron chi connectivity index (χ1n) is 5.19. The van der Waals surface area contributed by atoms with Gasteiger partial charge in [0.25, 0.3) is 5.95 Å². The van der Waals surface area contributed by atoms with Crippen molar-refractivity contribution < 1.29 is 4.52 Å². The molecule has 1 aromatic heterocycles. The van der Waals surface area contributed by atoms with Crippen molar-refractivity contribution in [2.24, 2.45) is 5.73 Å². The van der Waals surface area contributed by atoms with Crippen molar-refractivity contribution >= 4 is 5.95 Å². The van der Waals surface area contributed by atoms with Crippen molar-refractivity contribution in [2.45, 2.75) is 13.0 Å². The third-order valence-corrected chi connectivity index (χ3v) is 2.61. The lowest BCUT2D eigenvalue weighted by Gasteiger charge is -2.31. The fourth-order valence-electron chi connectivity index (χ4n) is 1.55. The van der Waals surface area contributed by atoms with E-state index in [9.17, 15) is 0 Å². The molecule has 1 aliphatic heterocycles. The van der Waals surface area contributed by atoms with Crippen LogP contribution in [0.25, 0.3) is 0 Å². The van der Waals surface area contributed by atoms with Gasteiger partial charge in [0.2, 0.25) is 5.89 Å². The Bertz CT molecular complexity index is 316. The molecular formula is C9H17N5O. The van der Waals surface area contributed by atoms with Gasteiger partial charge in [-0.15, -0.1) is 0 Å². The highest BCUT2D eigenvalue weighted by molar-refractivity contribution is 5.28. The lowest BCUT2D eigenvalue weighted by molar-refractivity contribution is 0.308. The Kier molecular flexibility index (Phi) is 2.88. The van der Waals surface area contributed by atoms with E-state index in [4.69, 9.17) is 10.3 Å². The van der Waals surface area contributed by atoms with Gasteiger partial charge < -0.3 is 20.1 Å². The molecule has 6 nitrogen and oxygen atoms in total. The molecule has 1 aromatic rings. The zero-order valence-corrected chi connectivity index (χ0v) is 9.18. The Morgan fingerprint density at radius 3 is 2.53 bits per heavy atom. The number of likely N-dealkylation sites (N-methyl/N-ethyl adjacent to an activating group) is 1. The van der Waals surface area contributed by atoms with Crippen LogP contribution in [0, 0.1) is 0 Å². The Hall–Kier alpha value is -1.14. The van der Waals surface area contributed by atoms with E-state index in [1.807, 2.05) is 6.92 Å². The third-order valence-electron chi connectivity index (χ3n) is 2.61. The minimum absolute atomic E-state index is 0.196. The van der Waals surface area contributed by atoms with Crippen LogP contribution >= 0.6 is 0 Å². The number of hydrogen-bond donors (Lipinski definition) is 1. The summed E-state index contributed by atoms with van der Waals surface area (Å²) in [4.78, 5) is 8.66. The third kappa shape index (κ3) is 2.27. The largest absolute Gasteiger partial charge is 0.336 e. The summed E-state index contributed by atoms with van der Waals surface area (Å²) in [7, 11) is 2.11. The Morgan fingerprint density at radius 1 is 1.33 bits per heavy atom. The first-order chi connectivity index (χ1) is 7.16. The van der Waals surface area contributed by atoms with Crippen LogP contribution in [0.15, 0.2) is 4.52 Å². The Morgan fingerprint density at radius 2 is 2.00 bits per heavy atom. The van der Waals surface area contributed by atoms with Gasteiger partial charge in [-0.3, -0.25) is 0 Å². The van der Waals surface area contributed by atoms with Crippen LogP contribution in [-0.4, -0.2) is 48.3 Å². The number of nitrogens with zero attached hydrogens (tertiary/aromatic N) is 4. The average Bonchev–Trinajstić information content (AvgIpc) is 2.68. The summed E-state index contributed by atoms with van der Waals surface area (Å²) in [5.41, 5.74) is 5.66. The van der Waals surface area contributed by atoms with Crippen LogP contribution in [0.3, 0.4) is 0 Å². The quantitative estimate of drug-likeness (QED) is 0.733. The van der Waals surface area contributed by atoms with Crippen LogP contribution in [0.4, 0.5) is 5.95 Å². The summed E-state index contributed by atoms with van der Waals surface area (Å²) in [6.45, 7) is 5.77. The lowest BCUT2D eigenvalue weighted by atomic mass is 10.3. The number of aromatic nitrogens is 2. The lowest BCUT2D eigenvalue weighted by Crippen LogP contribution is -2.44. The number of anilines is 1. The molecule has 2 N–H and O–H groups in total. The molecule has 1 aliphatic rings. The van der Waals surface area contributed by atoms with E-state index in [2.05, 4.69) is 27.0 Å². The molecule has 1 fully saturated rings. The molecule has 2 rings (SSSR count). The molecule has 0 aromatic carbocycles. The van der Waals surface area contributed by atoms with Gasteiger partial charge in [0.15, 0.2) is 0 Å². The topological polar surface area (TPSA) is 71.4 Å². The van der Waals surface area contributed by atoms with E-state index >= 15 is 0 Å². The predicted molar refractivity (Wildman–Crippen MR) is 56.6 cm³/mol. The SMILES string of the molecule is CC(N)c1nc(N2CCN(C)CC2)no1. The van der Waals surface area contributed by atoms with E-state index < -0.39 is 0 Å². The van der Waals surface area contributed by atoms with Crippen LogP contribution in [0.2, 0.25) is 0 Å². The second-order valence-corrected chi connectivity index (χ2v) is 4.01. The summed E-state index contributed by atoms with van der Waals surface area (Å²) < 4.78 is 5.06. The number of nitrogens with two attached hydrogens (primary N) is 1. The molecule has 1 unspecified atom stereocenters. The molecule has 0 bridgehead atoms. The van der Waals surface area contributed by atoms with Gasteiger partial charge >= 0.3 is 0 Å². The Labute approximate surface area is 89.0 Å². The maximum absolute atomic E-state index is 5.66. The fourth-order valence-corrected chi connectivity index (χ4v) is 1.55. The van der Waals surface area contributed by atoms with Crippen LogP contribution in [0.1, 0.15) is 18.9 Å². The molecule has 0 spiro atoms. The number of hydrogen-bond acceptors (Lipinski definition) is 6. The fraction of sp³-hybridized carbons (Fsp3) is 0.778. The standard InChI is InChI=1S/C9H17N5O/c1-7(10)8-11-9(12-15-8)14-5-3-13(2)4-6-14/h7H,3-6,10H2,1-2H3. The van der Waals surface area contributed by atoms with Crippen LogP contribution in [0.5, 0.6) is 0 Å². The molecule has 0 radical (unpaired) electrons. The van der Waals surface area contributed by atoms with E-state index in [0.717, 1.165) is 26.2 Å². The second kappa shape index (κ2) is 4.16. The summed E-state index contributed by atoms with van der Waals surface area (Å²) in [6.07, 6.45) is 0. The zero-order chi connectivity index (χ0) is 10.8. The highest BCUT2D eigenvalue weighted by Gasteiger charge is 2.19. The van der Waals surface area contributed by atoms with E-state index in [1.54, 1.807) is 0 Å². The average molecular weight is 211 g/mol. The first kappa shape index (κ1) is 10.4. The van der Waals surface area contributed by atoms with Gasteiger partial charge in [0, 0.05) is 26.2 Å². The number of piperazine rings is 1. The van der Waals surface area contributed by atoms with E-state index in [0.29, 0.717) is 11.8 Å². The van der Waals surface area contributed by atoms with Crippen molar-refractivity contribution in [1.82, 2.24) is 15.0 Å². The van der Waals surface area contributed by atoms with Crippen LogP contribution in [-0.2, 0) is 0 Å². The highest BCUT2D eigenvalue weighted by atomic mass is 16.5. The minimum atomic E-state index is -0.196. The molecule has 0 aliphatic carbocycles. The van der Waals surface area contributed by atoms with Crippen molar-refractivity contribution in [3.63, 3.8) is 0 Å². The maximum atomic E-state index is 5.66. The molecule has 1 saturated heterocycles. The summed E-state index contributed by atoms with van der Waals surface area (Å²) in [5, 5.41) is 3.93. The summed E-state index contributed by atoms with van der Waals surface area (Å²) >= 11 is 0. The summed E-state index contributed by atoms with van der Waals surface area (Å²) in [5.74, 6) is 1.17. The molecule has 2 heterocycles. The number of rotatable bonds is 2. The van der Waals surface area contributed by atoms with Gasteiger partial charge in [0.05, 0.1) is 6.04 Å². The van der Waals surface area contributed by atoms with Crippen molar-refractivity contribution in [2.75, 3.05) is 38.1 Å². The molecule has 0 saturated carbocycles. The molecule has 84 valence electrons. The van der Waals surface area contributed by atoms with E-state index in [-0.39, 0.29) is 6.04 Å². The first-order valence-corrected chi connectivity index (χ1v) is 5.19. The molecular weight excluding hydrogens is 194 g/mol. The monoisotopic (exact) mass is 211 g/mol. The molecule has 15 heavy (non-hydrogen) atoms. The van der Waals surface area contributed by atoms with Crippen LogP contribution < -0.4 is 10.6 Å². The van der Waals surface area contributed by atoms with Gasteiger partial charge in [-0.2, -0.15) is 4.98 Å². The predicted octanol–water partition coefficient (Wildman–Crippen LogP) is -0.159. The minimum Gasteiger partial charge on any atom is -0.336 e. The van der Waals surface area contributed by atoms with Gasteiger partial charge in [0.1, 0.15) is 0 Å². The van der Waals surface area contributed by atoms with Crippen molar-refractivity contribution in [1.29, 1.82) is 0 Å². The second-order valence-electron chi connectivity index (χ2n) is 4.01. The van der Waals surface area contributed by atoms with E-state index in [1.165, 1.54) is 0 Å². The molecule has 6 heteroatoms. The van der Waals surface area contributed by atoms with Crippen molar-refractivity contribution in [3.05, 3.63) is 5.89 Å². The zero-order valence-electron chi connectivity index (χ0n) is 9.18.